The number of nitrogens with zero attached hydrogens (tertiary/aromatic N) is 3. The van der Waals surface area contributed by atoms with E-state index >= 15 is 0 Å². The Balaban J connectivity index is 1.38. The molecule has 1 spiro atoms. The van der Waals surface area contributed by atoms with Crippen LogP contribution in [0.4, 0.5) is 10.6 Å². The predicted molar refractivity (Wildman–Crippen MR) is 122 cm³/mol. The number of carbonyl (C=O) groups is 2. The lowest BCUT2D eigenvalue weighted by Crippen LogP contribution is -2.40. The van der Waals surface area contributed by atoms with Crippen LogP contribution >= 0.6 is 0 Å². The van der Waals surface area contributed by atoms with Gasteiger partial charge in [-0.2, -0.15) is 0 Å². The molecule has 0 bridgehead atoms. The van der Waals surface area contributed by atoms with Crippen LogP contribution < -0.4 is 15.4 Å². The molecule has 2 aromatic heterocycles. The number of amides is 3. The molecule has 172 valence electrons. The lowest BCUT2D eigenvalue weighted by molar-refractivity contribution is -0.133. The van der Waals surface area contributed by atoms with Gasteiger partial charge in [-0.3, -0.25) is 20.0 Å². The SMILES string of the molecule is CN/C=C(\C=N)c1cc(Oc2ccc(NC(=O)N3CCC4(CCC(O)C4)C3=O)nc2)ccn1. The third-order valence-corrected chi connectivity index (χ3v) is 6.03. The first kappa shape index (κ1) is 22.4. The summed E-state index contributed by atoms with van der Waals surface area (Å²) in [6.07, 6.45) is 7.65. The number of nitrogens with one attached hydrogen (secondary N) is 3. The molecular weight excluding hydrogens is 424 g/mol. The van der Waals surface area contributed by atoms with E-state index in [0.717, 1.165) is 0 Å². The molecule has 0 aromatic carbocycles. The minimum absolute atomic E-state index is 0.221. The number of aliphatic hydroxyl groups is 1. The van der Waals surface area contributed by atoms with Gasteiger partial charge in [0.25, 0.3) is 0 Å². The van der Waals surface area contributed by atoms with Crippen molar-refractivity contribution in [1.29, 1.82) is 5.41 Å². The largest absolute Gasteiger partial charge is 0.456 e. The molecule has 2 atom stereocenters. The Kier molecular flexibility index (Phi) is 6.36. The maximum Gasteiger partial charge on any atom is 0.329 e. The molecule has 1 saturated heterocycles. The minimum atomic E-state index is -0.606. The summed E-state index contributed by atoms with van der Waals surface area (Å²) in [6, 6.07) is 6.13. The fourth-order valence-corrected chi connectivity index (χ4v) is 4.34. The number of hydrogen-bond donors (Lipinski definition) is 4. The van der Waals surface area contributed by atoms with Gasteiger partial charge in [0, 0.05) is 43.8 Å². The second kappa shape index (κ2) is 9.37. The van der Waals surface area contributed by atoms with E-state index in [9.17, 15) is 14.7 Å². The summed E-state index contributed by atoms with van der Waals surface area (Å²) in [5, 5.41) is 22.9. The van der Waals surface area contributed by atoms with E-state index < -0.39 is 17.6 Å². The number of allylic oxidation sites excluding steroid dienone is 1. The second-order valence-corrected chi connectivity index (χ2v) is 8.20. The first-order valence-electron chi connectivity index (χ1n) is 10.7. The van der Waals surface area contributed by atoms with Crippen LogP contribution in [0.1, 0.15) is 31.4 Å². The zero-order chi connectivity index (χ0) is 23.4. The van der Waals surface area contributed by atoms with Gasteiger partial charge >= 0.3 is 6.03 Å². The highest BCUT2D eigenvalue weighted by atomic mass is 16.5. The third-order valence-electron chi connectivity index (χ3n) is 6.03. The van der Waals surface area contributed by atoms with Crippen molar-refractivity contribution in [3.63, 3.8) is 0 Å². The van der Waals surface area contributed by atoms with Crippen molar-refractivity contribution in [1.82, 2.24) is 20.2 Å². The number of pyridine rings is 2. The monoisotopic (exact) mass is 450 g/mol. The van der Waals surface area contributed by atoms with Crippen LogP contribution in [-0.4, -0.2) is 57.8 Å². The van der Waals surface area contributed by atoms with Gasteiger partial charge in [0.05, 0.1) is 23.4 Å². The second-order valence-electron chi connectivity index (χ2n) is 8.20. The predicted octanol–water partition coefficient (Wildman–Crippen LogP) is 2.77. The number of anilines is 1. The summed E-state index contributed by atoms with van der Waals surface area (Å²) in [6.45, 7) is 0.336. The van der Waals surface area contributed by atoms with Crippen LogP contribution in [0.5, 0.6) is 11.5 Å². The van der Waals surface area contributed by atoms with Gasteiger partial charge < -0.3 is 20.6 Å². The van der Waals surface area contributed by atoms with E-state index in [1.54, 1.807) is 43.7 Å². The van der Waals surface area contributed by atoms with Crippen molar-refractivity contribution in [3.05, 3.63) is 48.6 Å². The molecule has 0 radical (unpaired) electrons. The Morgan fingerprint density at radius 1 is 1.30 bits per heavy atom. The van der Waals surface area contributed by atoms with Crippen molar-refractivity contribution in [2.45, 2.75) is 31.8 Å². The van der Waals surface area contributed by atoms with Gasteiger partial charge in [0.15, 0.2) is 0 Å². The van der Waals surface area contributed by atoms with E-state index in [-0.39, 0.29) is 5.91 Å². The van der Waals surface area contributed by atoms with Crippen molar-refractivity contribution in [3.8, 4) is 11.5 Å². The van der Waals surface area contributed by atoms with E-state index in [2.05, 4.69) is 20.6 Å². The molecular formula is C23H26N6O4. The maximum absolute atomic E-state index is 12.8. The lowest BCUT2D eigenvalue weighted by Gasteiger charge is -2.21. The highest BCUT2D eigenvalue weighted by Crippen LogP contribution is 2.46. The minimum Gasteiger partial charge on any atom is -0.456 e. The van der Waals surface area contributed by atoms with Gasteiger partial charge in [-0.1, -0.05) is 0 Å². The van der Waals surface area contributed by atoms with Crippen molar-refractivity contribution in [2.75, 3.05) is 18.9 Å². The number of ether oxygens (including phenoxy) is 1. The Bertz CT molecular complexity index is 1090. The number of carbonyl (C=O) groups excluding carboxylic acids is 2. The molecule has 2 aromatic rings. The highest BCUT2D eigenvalue weighted by molar-refractivity contribution is 6.07. The van der Waals surface area contributed by atoms with Gasteiger partial charge in [-0.25, -0.2) is 9.78 Å². The molecule has 33 heavy (non-hydrogen) atoms. The van der Waals surface area contributed by atoms with Crippen LogP contribution in [0.15, 0.2) is 42.9 Å². The molecule has 1 aliphatic carbocycles. The van der Waals surface area contributed by atoms with Crippen LogP contribution in [0, 0.1) is 10.8 Å². The molecule has 1 aliphatic heterocycles. The van der Waals surface area contributed by atoms with Crippen molar-refractivity contribution < 1.29 is 19.4 Å². The Hall–Kier alpha value is -3.79. The molecule has 2 aliphatic rings. The first-order valence-corrected chi connectivity index (χ1v) is 10.7. The standard InChI is InChI=1S/C23H26N6O4/c1-25-13-15(12-24)19-10-17(5-8-26-19)33-18-2-3-20(27-14-18)28-22(32)29-9-7-23(21(29)31)6-4-16(30)11-23/h2-3,5,8,10,12-14,16,24-25,30H,4,6-7,9,11H2,1H3,(H,27,28,32)/b15-13+,24-12?. The fraction of sp³-hybridized carbons (Fsp3) is 0.348. The number of imide groups is 1. The summed E-state index contributed by atoms with van der Waals surface area (Å²) in [4.78, 5) is 35.1. The molecule has 10 nitrogen and oxygen atoms in total. The first-order chi connectivity index (χ1) is 15.9. The summed E-state index contributed by atoms with van der Waals surface area (Å²) in [5.74, 6) is 1.05. The van der Waals surface area contributed by atoms with Crippen molar-refractivity contribution in [2.24, 2.45) is 5.41 Å². The zero-order valence-corrected chi connectivity index (χ0v) is 18.2. The highest BCUT2D eigenvalue weighted by Gasteiger charge is 2.52. The normalized spacial score (nSPS) is 22.5. The van der Waals surface area contributed by atoms with Gasteiger partial charge in [0.1, 0.15) is 17.3 Å². The Morgan fingerprint density at radius 3 is 2.82 bits per heavy atom. The summed E-state index contributed by atoms with van der Waals surface area (Å²) >= 11 is 0. The molecule has 4 N–H and O–H groups in total. The molecule has 2 fully saturated rings. The molecule has 3 heterocycles. The van der Waals surface area contributed by atoms with E-state index in [1.165, 1.54) is 17.3 Å². The van der Waals surface area contributed by atoms with E-state index in [1.807, 2.05) is 0 Å². The quantitative estimate of drug-likeness (QED) is 0.496. The summed E-state index contributed by atoms with van der Waals surface area (Å²) in [5.41, 5.74) is 0.576. The lowest BCUT2D eigenvalue weighted by atomic mass is 9.84. The van der Waals surface area contributed by atoms with Crippen LogP contribution in [0.3, 0.4) is 0 Å². The number of urea groups is 1. The topological polar surface area (TPSA) is 141 Å². The fourth-order valence-electron chi connectivity index (χ4n) is 4.34. The Morgan fingerprint density at radius 2 is 2.15 bits per heavy atom. The Labute approximate surface area is 191 Å². The van der Waals surface area contributed by atoms with Gasteiger partial charge in [-0.15, -0.1) is 0 Å². The average molecular weight is 450 g/mol. The number of hydrogen-bond acceptors (Lipinski definition) is 8. The summed E-state index contributed by atoms with van der Waals surface area (Å²) in [7, 11) is 1.74. The number of aromatic nitrogens is 2. The van der Waals surface area contributed by atoms with E-state index in [4.69, 9.17) is 10.1 Å². The van der Waals surface area contributed by atoms with Crippen LogP contribution in [-0.2, 0) is 4.79 Å². The molecule has 2 unspecified atom stereocenters. The van der Waals surface area contributed by atoms with Crippen LogP contribution in [0.25, 0.3) is 5.57 Å². The summed E-state index contributed by atoms with van der Waals surface area (Å²) < 4.78 is 5.82. The maximum atomic E-state index is 12.8. The molecule has 1 saturated carbocycles. The van der Waals surface area contributed by atoms with Gasteiger partial charge in [0.2, 0.25) is 5.91 Å². The molecule has 10 heteroatoms. The average Bonchev–Trinajstić information content (AvgIpc) is 3.35. The zero-order valence-electron chi connectivity index (χ0n) is 18.2. The molecule has 3 amide bonds. The smallest absolute Gasteiger partial charge is 0.329 e. The van der Waals surface area contributed by atoms with Gasteiger partial charge in [-0.05, 0) is 43.9 Å². The number of aliphatic hydroxyl groups excluding tert-OH is 1. The van der Waals surface area contributed by atoms with Crippen LogP contribution in [0.2, 0.25) is 0 Å². The number of rotatable bonds is 6. The number of likely N-dealkylation sites (tertiary alicyclic amines) is 1. The van der Waals surface area contributed by atoms with E-state index in [0.29, 0.717) is 60.8 Å². The van der Waals surface area contributed by atoms with Crippen molar-refractivity contribution >= 4 is 29.5 Å². The molecule has 4 rings (SSSR count). The third kappa shape index (κ3) is 4.70.